The van der Waals surface area contributed by atoms with Crippen molar-refractivity contribution in [3.8, 4) is 28.7 Å². The molecule has 3 rings (SSSR count). The van der Waals surface area contributed by atoms with Crippen LogP contribution in [-0.2, 0) is 12.7 Å². The molecule has 3 aromatic carbocycles. The normalized spacial score (nSPS) is 11.2. The van der Waals surface area contributed by atoms with E-state index >= 15 is 0 Å². The summed E-state index contributed by atoms with van der Waals surface area (Å²) in [5.41, 5.74) is -1.81. The Kier molecular flexibility index (Phi) is 5.72. The minimum atomic E-state index is -4.71. The molecule has 0 aliphatic heterocycles. The number of carbonyl (C=O) groups is 1. The lowest BCUT2D eigenvalue weighted by Gasteiger charge is -2.16. The third-order valence-corrected chi connectivity index (χ3v) is 4.11. The number of hydrogen-bond donors (Lipinski definition) is 4. The second-order valence-corrected chi connectivity index (χ2v) is 6.27. The van der Waals surface area contributed by atoms with Crippen LogP contribution in [0.5, 0.6) is 28.7 Å². The Morgan fingerprint density at radius 1 is 0.900 bits per heavy atom. The van der Waals surface area contributed by atoms with Crippen LogP contribution in [0.2, 0.25) is 0 Å². The average molecular weight is 419 g/mol. The summed E-state index contributed by atoms with van der Waals surface area (Å²) in [5.74, 6) is -2.58. The van der Waals surface area contributed by atoms with Crippen LogP contribution >= 0.6 is 0 Å². The number of benzene rings is 3. The van der Waals surface area contributed by atoms with Gasteiger partial charge in [-0.3, -0.25) is 4.79 Å². The zero-order valence-corrected chi connectivity index (χ0v) is 15.3. The van der Waals surface area contributed by atoms with E-state index in [1.165, 1.54) is 6.07 Å². The molecule has 0 fully saturated rings. The van der Waals surface area contributed by atoms with Gasteiger partial charge in [0.2, 0.25) is 0 Å². The van der Waals surface area contributed by atoms with Crippen molar-refractivity contribution >= 4 is 5.91 Å². The number of carbonyl (C=O) groups excluding carboxylic acids is 1. The van der Waals surface area contributed by atoms with Gasteiger partial charge >= 0.3 is 6.18 Å². The zero-order chi connectivity index (χ0) is 21.9. The number of para-hydroxylation sites is 1. The maximum absolute atomic E-state index is 13.5. The number of alkyl halides is 3. The molecule has 30 heavy (non-hydrogen) atoms. The first-order chi connectivity index (χ1) is 14.1. The molecular weight excluding hydrogens is 403 g/mol. The summed E-state index contributed by atoms with van der Waals surface area (Å²) in [4.78, 5) is 12.2. The zero-order valence-electron chi connectivity index (χ0n) is 15.3. The van der Waals surface area contributed by atoms with Gasteiger partial charge in [-0.05, 0) is 29.8 Å². The molecule has 0 aliphatic carbocycles. The Balaban J connectivity index is 1.82. The lowest BCUT2D eigenvalue weighted by atomic mass is 10.1. The maximum Gasteiger partial charge on any atom is 0.416 e. The van der Waals surface area contributed by atoms with Gasteiger partial charge < -0.3 is 25.4 Å². The first-order valence-electron chi connectivity index (χ1n) is 8.61. The summed E-state index contributed by atoms with van der Waals surface area (Å²) in [7, 11) is 0. The maximum atomic E-state index is 13.5. The highest BCUT2D eigenvalue weighted by molar-refractivity contribution is 5.99. The Hall–Kier alpha value is -3.88. The number of phenolic OH excluding ortho intramolecular Hbond substituents is 3. The van der Waals surface area contributed by atoms with E-state index in [0.717, 1.165) is 24.3 Å². The second kappa shape index (κ2) is 8.24. The largest absolute Gasteiger partial charge is 0.508 e. The fraction of sp³-hybridized carbons (Fsp3) is 0.0952. The van der Waals surface area contributed by atoms with E-state index in [-0.39, 0.29) is 11.3 Å². The third kappa shape index (κ3) is 4.75. The molecular formula is C21H16F3NO5. The molecule has 156 valence electrons. The van der Waals surface area contributed by atoms with E-state index in [4.69, 9.17) is 4.74 Å². The Morgan fingerprint density at radius 3 is 2.13 bits per heavy atom. The summed E-state index contributed by atoms with van der Waals surface area (Å²) < 4.78 is 46.0. The van der Waals surface area contributed by atoms with Gasteiger partial charge in [-0.15, -0.1) is 0 Å². The third-order valence-electron chi connectivity index (χ3n) is 4.11. The van der Waals surface area contributed by atoms with E-state index in [0.29, 0.717) is 5.75 Å². The van der Waals surface area contributed by atoms with Gasteiger partial charge in [-0.25, -0.2) is 0 Å². The molecule has 1 amide bonds. The number of hydrogen-bond acceptors (Lipinski definition) is 5. The van der Waals surface area contributed by atoms with Gasteiger partial charge in [0, 0.05) is 18.7 Å². The summed E-state index contributed by atoms with van der Waals surface area (Å²) in [6.45, 7) is -0.529. The topological polar surface area (TPSA) is 99.0 Å². The molecule has 0 bridgehead atoms. The van der Waals surface area contributed by atoms with Crippen molar-refractivity contribution in [1.29, 1.82) is 0 Å². The molecule has 0 radical (unpaired) electrons. The van der Waals surface area contributed by atoms with Crippen molar-refractivity contribution in [2.75, 3.05) is 0 Å². The summed E-state index contributed by atoms with van der Waals surface area (Å²) in [5, 5.41) is 30.9. The van der Waals surface area contributed by atoms with Crippen molar-refractivity contribution in [3.63, 3.8) is 0 Å². The monoisotopic (exact) mass is 419 g/mol. The number of ether oxygens (including phenoxy) is 1. The van der Waals surface area contributed by atoms with Crippen LogP contribution < -0.4 is 10.1 Å². The van der Waals surface area contributed by atoms with Gasteiger partial charge in [0.1, 0.15) is 34.3 Å². The molecule has 0 spiro atoms. The summed E-state index contributed by atoms with van der Waals surface area (Å²) in [6, 6.07) is 13.3. The fourth-order valence-electron chi connectivity index (χ4n) is 2.76. The van der Waals surface area contributed by atoms with Gasteiger partial charge in [-0.1, -0.05) is 24.3 Å². The smallest absolute Gasteiger partial charge is 0.416 e. The molecule has 6 nitrogen and oxygen atoms in total. The molecule has 0 saturated heterocycles. The number of aromatic hydroxyl groups is 3. The van der Waals surface area contributed by atoms with E-state index < -0.39 is 47.0 Å². The van der Waals surface area contributed by atoms with Crippen LogP contribution in [0.1, 0.15) is 21.5 Å². The lowest BCUT2D eigenvalue weighted by molar-refractivity contribution is -0.138. The van der Waals surface area contributed by atoms with Crippen LogP contribution in [0.3, 0.4) is 0 Å². The predicted molar refractivity (Wildman–Crippen MR) is 101 cm³/mol. The minimum absolute atomic E-state index is 0.0302. The number of phenols is 3. The van der Waals surface area contributed by atoms with Crippen molar-refractivity contribution in [3.05, 3.63) is 77.4 Å². The minimum Gasteiger partial charge on any atom is -0.508 e. The highest BCUT2D eigenvalue weighted by atomic mass is 19.4. The molecule has 0 heterocycles. The van der Waals surface area contributed by atoms with E-state index in [1.807, 2.05) is 0 Å². The van der Waals surface area contributed by atoms with E-state index in [9.17, 15) is 33.3 Å². The number of nitrogens with one attached hydrogen (secondary N) is 1. The van der Waals surface area contributed by atoms with Crippen LogP contribution in [0.25, 0.3) is 0 Å². The van der Waals surface area contributed by atoms with Crippen molar-refractivity contribution in [2.24, 2.45) is 0 Å². The molecule has 0 unspecified atom stereocenters. The SMILES string of the molecule is O=C(NCc1ccc(Oc2ccccc2)cc1C(F)(F)F)c1c(O)cc(O)cc1O. The highest BCUT2D eigenvalue weighted by Crippen LogP contribution is 2.36. The predicted octanol–water partition coefficient (Wildman–Crippen LogP) is 4.54. The molecule has 0 aliphatic rings. The van der Waals surface area contributed by atoms with Crippen molar-refractivity contribution in [2.45, 2.75) is 12.7 Å². The van der Waals surface area contributed by atoms with Gasteiger partial charge in [0.15, 0.2) is 0 Å². The average Bonchev–Trinajstić information content (AvgIpc) is 2.66. The van der Waals surface area contributed by atoms with Crippen LogP contribution in [0.15, 0.2) is 60.7 Å². The number of amides is 1. The van der Waals surface area contributed by atoms with Gasteiger partial charge in [-0.2, -0.15) is 13.2 Å². The summed E-state index contributed by atoms with van der Waals surface area (Å²) >= 11 is 0. The Morgan fingerprint density at radius 2 is 1.53 bits per heavy atom. The van der Waals surface area contributed by atoms with E-state index in [2.05, 4.69) is 5.32 Å². The Labute approximate surface area is 168 Å². The lowest BCUT2D eigenvalue weighted by Crippen LogP contribution is -2.24. The molecule has 0 atom stereocenters. The first-order valence-corrected chi connectivity index (χ1v) is 8.61. The second-order valence-electron chi connectivity index (χ2n) is 6.27. The van der Waals surface area contributed by atoms with Crippen molar-refractivity contribution in [1.82, 2.24) is 5.32 Å². The van der Waals surface area contributed by atoms with E-state index in [1.54, 1.807) is 30.3 Å². The number of rotatable bonds is 5. The van der Waals surface area contributed by atoms with Gasteiger partial charge in [0.25, 0.3) is 5.91 Å². The summed E-state index contributed by atoms with van der Waals surface area (Å²) in [6.07, 6.45) is -4.71. The van der Waals surface area contributed by atoms with Crippen molar-refractivity contribution < 1.29 is 38.0 Å². The highest BCUT2D eigenvalue weighted by Gasteiger charge is 2.34. The molecule has 4 N–H and O–H groups in total. The fourth-order valence-corrected chi connectivity index (χ4v) is 2.76. The number of halogens is 3. The van der Waals surface area contributed by atoms with Crippen LogP contribution in [0.4, 0.5) is 13.2 Å². The quantitative estimate of drug-likeness (QED) is 0.487. The first kappa shape index (κ1) is 20.8. The molecule has 0 saturated carbocycles. The standard InChI is InChI=1S/C21H16F3NO5/c22-21(23,24)16-10-15(30-14-4-2-1-3-5-14)7-6-12(16)11-25-20(29)19-17(27)8-13(26)9-18(19)28/h1-10,26-28H,11H2,(H,25,29). The van der Waals surface area contributed by atoms with Gasteiger partial charge in [0.05, 0.1) is 5.56 Å². The van der Waals surface area contributed by atoms with Crippen LogP contribution in [0, 0.1) is 0 Å². The molecule has 3 aromatic rings. The van der Waals surface area contributed by atoms with Crippen LogP contribution in [-0.4, -0.2) is 21.2 Å². The molecule has 9 heteroatoms. The Bertz CT molecular complexity index is 1040. The molecule has 0 aromatic heterocycles.